The van der Waals surface area contributed by atoms with Crippen LogP contribution in [0.25, 0.3) is 50.7 Å². The summed E-state index contributed by atoms with van der Waals surface area (Å²) in [6, 6.07) is 27.4. The zero-order valence-corrected chi connectivity index (χ0v) is 21.3. The number of carbonyl (C=O) groups is 1. The molecule has 190 valence electrons. The van der Waals surface area contributed by atoms with Crippen molar-refractivity contribution < 1.29 is 14.3 Å². The first-order valence-electron chi connectivity index (χ1n) is 13.0. The molecule has 0 fully saturated rings. The summed E-state index contributed by atoms with van der Waals surface area (Å²) in [6.45, 7) is 2.16. The average Bonchev–Trinajstić information content (AvgIpc) is 3.56. The Morgan fingerprint density at radius 1 is 0.974 bits per heavy atom. The second-order valence-corrected chi connectivity index (χ2v) is 10.2. The minimum atomic E-state index is -0.918. The van der Waals surface area contributed by atoms with Crippen molar-refractivity contribution in [1.29, 1.82) is 0 Å². The summed E-state index contributed by atoms with van der Waals surface area (Å²) in [5.41, 5.74) is 6.95. The maximum absolute atomic E-state index is 12.5. The number of hydrogen-bond acceptors (Lipinski definition) is 4. The second-order valence-electron chi connectivity index (χ2n) is 10.2. The number of allylic oxidation sites excluding steroid dienone is 1. The predicted octanol–water partition coefficient (Wildman–Crippen LogP) is 7.65. The van der Waals surface area contributed by atoms with Crippen LogP contribution in [0.1, 0.15) is 40.5 Å². The molecule has 0 bridgehead atoms. The van der Waals surface area contributed by atoms with E-state index < -0.39 is 5.97 Å². The molecular weight excluding hydrogens is 486 g/mol. The summed E-state index contributed by atoms with van der Waals surface area (Å²) in [5, 5.41) is 16.9. The number of furan rings is 1. The lowest BCUT2D eigenvalue weighted by atomic mass is 9.80. The molecule has 0 saturated heterocycles. The molecule has 1 N–H and O–H groups in total. The molecule has 3 aromatic carbocycles. The van der Waals surface area contributed by atoms with Gasteiger partial charge in [-0.3, -0.25) is 0 Å². The highest BCUT2D eigenvalue weighted by molar-refractivity contribution is 6.06. The van der Waals surface area contributed by atoms with Gasteiger partial charge in [0.15, 0.2) is 5.76 Å². The van der Waals surface area contributed by atoms with Gasteiger partial charge < -0.3 is 9.52 Å². The van der Waals surface area contributed by atoms with Crippen molar-refractivity contribution in [3.05, 3.63) is 114 Å². The minimum Gasteiger partial charge on any atom is -0.478 e. The Bertz CT molecular complexity index is 1880. The smallest absolute Gasteiger partial charge is 0.336 e. The molecule has 3 aromatic heterocycles. The Morgan fingerprint density at radius 2 is 1.74 bits per heavy atom. The third-order valence-electron chi connectivity index (χ3n) is 7.38. The third-order valence-corrected chi connectivity index (χ3v) is 7.38. The van der Waals surface area contributed by atoms with Crippen LogP contribution < -0.4 is 0 Å². The van der Waals surface area contributed by atoms with E-state index in [2.05, 4.69) is 13.0 Å². The van der Waals surface area contributed by atoms with Gasteiger partial charge in [0.25, 0.3) is 0 Å². The molecule has 3 heterocycles. The fraction of sp³-hybridized carbons (Fsp3) is 0.121. The van der Waals surface area contributed by atoms with E-state index in [1.165, 1.54) is 0 Å². The Hall–Kier alpha value is -4.97. The van der Waals surface area contributed by atoms with Crippen molar-refractivity contribution >= 4 is 39.5 Å². The highest BCUT2D eigenvalue weighted by Gasteiger charge is 2.28. The van der Waals surface area contributed by atoms with Gasteiger partial charge in [-0.1, -0.05) is 61.5 Å². The number of rotatable bonds is 4. The Morgan fingerprint density at radius 3 is 2.56 bits per heavy atom. The van der Waals surface area contributed by atoms with Crippen molar-refractivity contribution in [2.45, 2.75) is 19.8 Å². The van der Waals surface area contributed by atoms with Gasteiger partial charge in [-0.05, 0) is 66.3 Å². The van der Waals surface area contributed by atoms with E-state index in [0.717, 1.165) is 51.2 Å². The van der Waals surface area contributed by atoms with Gasteiger partial charge in [-0.25, -0.2) is 14.5 Å². The quantitative estimate of drug-likeness (QED) is 0.263. The normalized spacial score (nSPS) is 16.1. The fourth-order valence-electron chi connectivity index (χ4n) is 5.66. The number of hydrogen-bond donors (Lipinski definition) is 1. The first kappa shape index (κ1) is 23.2. The molecule has 6 heteroatoms. The lowest BCUT2D eigenvalue weighted by Crippen LogP contribution is -2.17. The number of fused-ring (bicyclic) bond motifs is 3. The average molecular weight is 512 g/mol. The maximum atomic E-state index is 12.5. The van der Waals surface area contributed by atoms with E-state index in [1.807, 2.05) is 95.8 Å². The summed E-state index contributed by atoms with van der Waals surface area (Å²) in [7, 11) is 0. The van der Waals surface area contributed by atoms with E-state index in [0.29, 0.717) is 28.6 Å². The zero-order chi connectivity index (χ0) is 26.5. The molecule has 0 radical (unpaired) electrons. The molecule has 1 unspecified atom stereocenters. The highest BCUT2D eigenvalue weighted by Crippen LogP contribution is 2.40. The van der Waals surface area contributed by atoms with Gasteiger partial charge in [0, 0.05) is 22.5 Å². The number of benzene rings is 3. The molecule has 0 saturated carbocycles. The number of nitrogens with zero attached hydrogens (tertiary/aromatic N) is 3. The topological polar surface area (TPSA) is 81.2 Å². The number of aromatic carboxylic acids is 1. The van der Waals surface area contributed by atoms with Crippen LogP contribution in [-0.4, -0.2) is 25.8 Å². The summed E-state index contributed by atoms with van der Waals surface area (Å²) in [5.74, 6) is 0.0290. The SMILES string of the molecule is CC1C/C(=C/c2cn(-c3ccccc3)nc2-c2cc3ccccc3o2)c2nc3ccccc3c(C(=O)O)c2C1. The van der Waals surface area contributed by atoms with Crippen LogP contribution in [0.5, 0.6) is 0 Å². The van der Waals surface area contributed by atoms with Crippen molar-refractivity contribution in [1.82, 2.24) is 14.8 Å². The van der Waals surface area contributed by atoms with E-state index in [-0.39, 0.29) is 5.92 Å². The number of pyridine rings is 1. The largest absolute Gasteiger partial charge is 0.478 e. The summed E-state index contributed by atoms with van der Waals surface area (Å²) < 4.78 is 8.09. The summed E-state index contributed by atoms with van der Waals surface area (Å²) >= 11 is 0. The van der Waals surface area contributed by atoms with Crippen LogP contribution in [0, 0.1) is 5.92 Å². The van der Waals surface area contributed by atoms with Crippen LogP contribution in [0.2, 0.25) is 0 Å². The monoisotopic (exact) mass is 511 g/mol. The molecule has 0 aliphatic heterocycles. The molecule has 7 rings (SSSR count). The number of para-hydroxylation sites is 3. The standard InChI is InChI=1S/C33H25N3O3/c1-20-15-22(31-26(16-20)30(33(37)38)25-12-6-7-13-27(25)34-31)17-23-19-36(24-10-3-2-4-11-24)35-32(23)29-18-21-9-5-8-14-28(21)39-29/h2-14,17-20H,15-16H2,1H3,(H,37,38)/b22-17-. The lowest BCUT2D eigenvalue weighted by molar-refractivity contribution is 0.0697. The van der Waals surface area contributed by atoms with Crippen molar-refractivity contribution in [3.8, 4) is 17.1 Å². The highest BCUT2D eigenvalue weighted by atomic mass is 16.4. The van der Waals surface area contributed by atoms with Crippen molar-refractivity contribution in [3.63, 3.8) is 0 Å². The first-order valence-corrected chi connectivity index (χ1v) is 13.0. The van der Waals surface area contributed by atoms with Gasteiger partial charge in [0.1, 0.15) is 11.3 Å². The number of carboxylic acids is 1. The lowest BCUT2D eigenvalue weighted by Gasteiger charge is -2.26. The van der Waals surface area contributed by atoms with Crippen molar-refractivity contribution in [2.75, 3.05) is 0 Å². The fourth-order valence-corrected chi connectivity index (χ4v) is 5.66. The van der Waals surface area contributed by atoms with Crippen LogP contribution in [-0.2, 0) is 6.42 Å². The maximum Gasteiger partial charge on any atom is 0.336 e. The van der Waals surface area contributed by atoms with Gasteiger partial charge in [-0.2, -0.15) is 5.10 Å². The molecular formula is C33H25N3O3. The molecule has 0 spiro atoms. The van der Waals surface area contributed by atoms with Gasteiger partial charge in [0.05, 0.1) is 22.5 Å². The van der Waals surface area contributed by atoms with Crippen molar-refractivity contribution in [2.24, 2.45) is 5.92 Å². The Kier molecular flexibility index (Phi) is 5.40. The van der Waals surface area contributed by atoms with Crippen LogP contribution in [0.15, 0.2) is 95.5 Å². The molecule has 1 aliphatic carbocycles. The minimum absolute atomic E-state index is 0.267. The first-order chi connectivity index (χ1) is 19.0. The molecule has 39 heavy (non-hydrogen) atoms. The Balaban J connectivity index is 1.46. The van der Waals surface area contributed by atoms with E-state index >= 15 is 0 Å². The molecule has 6 nitrogen and oxygen atoms in total. The van der Waals surface area contributed by atoms with E-state index in [4.69, 9.17) is 14.5 Å². The third kappa shape index (κ3) is 4.01. The molecule has 1 aliphatic rings. The Labute approximate surface area is 224 Å². The van der Waals surface area contributed by atoms with Gasteiger partial charge in [-0.15, -0.1) is 0 Å². The second kappa shape index (κ2) is 9.10. The number of carboxylic acid groups (broad SMARTS) is 1. The summed E-state index contributed by atoms with van der Waals surface area (Å²) in [6.07, 6.45) is 5.57. The molecule has 1 atom stereocenters. The zero-order valence-electron chi connectivity index (χ0n) is 21.3. The van der Waals surface area contributed by atoms with E-state index in [1.54, 1.807) is 0 Å². The van der Waals surface area contributed by atoms with Gasteiger partial charge >= 0.3 is 5.97 Å². The van der Waals surface area contributed by atoms with Crippen LogP contribution in [0.3, 0.4) is 0 Å². The summed E-state index contributed by atoms with van der Waals surface area (Å²) in [4.78, 5) is 17.5. The van der Waals surface area contributed by atoms with Gasteiger partial charge in [0.2, 0.25) is 0 Å². The van der Waals surface area contributed by atoms with Crippen LogP contribution in [0.4, 0.5) is 0 Å². The molecule has 0 amide bonds. The number of aromatic nitrogens is 3. The molecule has 6 aromatic rings. The van der Waals surface area contributed by atoms with E-state index in [9.17, 15) is 9.90 Å². The predicted molar refractivity (Wildman–Crippen MR) is 153 cm³/mol. The van der Waals surface area contributed by atoms with Crippen LogP contribution >= 0.6 is 0 Å².